The van der Waals surface area contributed by atoms with E-state index < -0.39 is 11.9 Å². The quantitative estimate of drug-likeness (QED) is 0.762. The molecule has 78 valence electrons. The average Bonchev–Trinajstić information content (AvgIpc) is 2.19. The summed E-state index contributed by atoms with van der Waals surface area (Å²) in [5.41, 5.74) is 0. The normalized spacial score (nSPS) is 10.2. The second-order valence-electron chi connectivity index (χ2n) is 2.52. The third-order valence-corrected chi connectivity index (χ3v) is 1.58. The van der Waals surface area contributed by atoms with Gasteiger partial charge >= 0.3 is 5.97 Å². The topological polar surface area (TPSA) is 79.3 Å². The Morgan fingerprint density at radius 1 is 1.40 bits per heavy atom. The summed E-state index contributed by atoms with van der Waals surface area (Å²) in [5, 5.41) is 11.1. The molecule has 1 aromatic heterocycles. The second-order valence-corrected chi connectivity index (χ2v) is 2.96. The van der Waals surface area contributed by atoms with Gasteiger partial charge in [-0.15, -0.1) is 0 Å². The maximum atomic E-state index is 11.1. The molecule has 1 heterocycles. The molecule has 0 aliphatic heterocycles. The number of carboxylic acids is 1. The average molecular weight is 227 g/mol. The van der Waals surface area contributed by atoms with Crippen LogP contribution in [-0.2, 0) is 9.59 Å². The molecule has 2 N–H and O–H groups in total. The van der Waals surface area contributed by atoms with Gasteiger partial charge in [-0.2, -0.15) is 0 Å². The number of carbonyl (C=O) groups excluding carboxylic acids is 1. The summed E-state index contributed by atoms with van der Waals surface area (Å²) in [7, 11) is 0. The molecule has 0 saturated carbocycles. The third-order valence-electron chi connectivity index (χ3n) is 1.36. The van der Waals surface area contributed by atoms with Gasteiger partial charge in [0.15, 0.2) is 0 Å². The maximum Gasteiger partial charge on any atom is 0.328 e. The second kappa shape index (κ2) is 5.11. The highest BCUT2D eigenvalue weighted by molar-refractivity contribution is 6.30. The van der Waals surface area contributed by atoms with Crippen LogP contribution >= 0.6 is 11.6 Å². The molecule has 0 aromatic carbocycles. The number of hydrogen-bond donors (Lipinski definition) is 2. The molecule has 0 saturated heterocycles. The molecule has 0 aliphatic rings. The highest BCUT2D eigenvalue weighted by Crippen LogP contribution is 2.09. The molecule has 1 amide bonds. The fourth-order valence-corrected chi connectivity index (χ4v) is 0.876. The summed E-state index contributed by atoms with van der Waals surface area (Å²) in [6.45, 7) is 0. The van der Waals surface area contributed by atoms with E-state index in [1.54, 1.807) is 6.07 Å². The zero-order valence-electron chi connectivity index (χ0n) is 7.48. The van der Waals surface area contributed by atoms with E-state index in [2.05, 4.69) is 10.3 Å². The van der Waals surface area contributed by atoms with Crippen LogP contribution in [0.3, 0.4) is 0 Å². The Morgan fingerprint density at radius 2 is 2.13 bits per heavy atom. The van der Waals surface area contributed by atoms with Gasteiger partial charge in [0, 0.05) is 18.3 Å². The van der Waals surface area contributed by atoms with Gasteiger partial charge in [0.2, 0.25) is 5.91 Å². The van der Waals surface area contributed by atoms with Gasteiger partial charge in [-0.3, -0.25) is 4.79 Å². The van der Waals surface area contributed by atoms with E-state index in [0.29, 0.717) is 10.8 Å². The number of nitrogens with zero attached hydrogens (tertiary/aromatic N) is 1. The SMILES string of the molecule is O=C(O)C=CC(=O)Nc1ccc(Cl)cn1. The van der Waals surface area contributed by atoms with Gasteiger partial charge in [-0.05, 0) is 12.1 Å². The van der Waals surface area contributed by atoms with Crippen LogP contribution in [0, 0.1) is 0 Å². The Labute approximate surface area is 90.4 Å². The van der Waals surface area contributed by atoms with E-state index in [0.717, 1.165) is 12.2 Å². The minimum atomic E-state index is -1.19. The number of aromatic nitrogens is 1. The first-order chi connectivity index (χ1) is 7.08. The summed E-state index contributed by atoms with van der Waals surface area (Å²) >= 11 is 5.58. The lowest BCUT2D eigenvalue weighted by Crippen LogP contribution is -2.09. The van der Waals surface area contributed by atoms with Gasteiger partial charge < -0.3 is 10.4 Å². The largest absolute Gasteiger partial charge is 0.478 e. The van der Waals surface area contributed by atoms with Crippen molar-refractivity contribution in [3.63, 3.8) is 0 Å². The number of hydrogen-bond acceptors (Lipinski definition) is 3. The Bertz CT molecular complexity index is 400. The first-order valence-electron chi connectivity index (χ1n) is 3.91. The molecule has 0 spiro atoms. The first kappa shape index (κ1) is 11.2. The predicted molar refractivity (Wildman–Crippen MR) is 54.7 cm³/mol. The van der Waals surface area contributed by atoms with Crippen molar-refractivity contribution < 1.29 is 14.7 Å². The molecule has 0 bridgehead atoms. The Morgan fingerprint density at radius 3 is 2.67 bits per heavy atom. The lowest BCUT2D eigenvalue weighted by Gasteiger charge is -1.99. The number of rotatable bonds is 3. The molecule has 0 unspecified atom stereocenters. The van der Waals surface area contributed by atoms with E-state index in [1.807, 2.05) is 0 Å². The van der Waals surface area contributed by atoms with E-state index in [1.165, 1.54) is 12.3 Å². The lowest BCUT2D eigenvalue weighted by molar-refractivity contribution is -0.131. The summed E-state index contributed by atoms with van der Waals surface area (Å²) in [6.07, 6.45) is 3.02. The maximum absolute atomic E-state index is 11.1. The van der Waals surface area contributed by atoms with Crippen molar-refractivity contribution in [3.8, 4) is 0 Å². The van der Waals surface area contributed by atoms with Crippen molar-refractivity contribution in [1.29, 1.82) is 0 Å². The number of amides is 1. The first-order valence-corrected chi connectivity index (χ1v) is 4.29. The number of anilines is 1. The van der Waals surface area contributed by atoms with Crippen LogP contribution in [0.1, 0.15) is 0 Å². The van der Waals surface area contributed by atoms with Crippen molar-refractivity contribution >= 4 is 29.3 Å². The van der Waals surface area contributed by atoms with Crippen LogP contribution in [0.4, 0.5) is 5.82 Å². The molecule has 1 aromatic rings. The number of pyridine rings is 1. The molecule has 0 aliphatic carbocycles. The van der Waals surface area contributed by atoms with Crippen LogP contribution in [-0.4, -0.2) is 22.0 Å². The standard InChI is InChI=1S/C9H7ClN2O3/c10-6-1-2-7(11-5-6)12-8(13)3-4-9(14)15/h1-5H,(H,14,15)(H,11,12,13). The van der Waals surface area contributed by atoms with Crippen molar-refractivity contribution in [2.24, 2.45) is 0 Å². The number of halogens is 1. The van der Waals surface area contributed by atoms with Crippen LogP contribution in [0.5, 0.6) is 0 Å². The zero-order chi connectivity index (χ0) is 11.3. The molecule has 0 radical (unpaired) electrons. The van der Waals surface area contributed by atoms with Gasteiger partial charge in [0.1, 0.15) is 5.82 Å². The molecule has 0 fully saturated rings. The van der Waals surface area contributed by atoms with Gasteiger partial charge in [-0.1, -0.05) is 11.6 Å². The summed E-state index contributed by atoms with van der Waals surface area (Å²) in [6, 6.07) is 3.07. The van der Waals surface area contributed by atoms with Crippen LogP contribution < -0.4 is 5.32 Å². The molecule has 1 rings (SSSR count). The lowest BCUT2D eigenvalue weighted by atomic mass is 10.4. The number of carbonyl (C=O) groups is 2. The van der Waals surface area contributed by atoms with E-state index in [9.17, 15) is 9.59 Å². The Kier molecular flexibility index (Phi) is 3.82. The van der Waals surface area contributed by atoms with Crippen LogP contribution in [0.2, 0.25) is 5.02 Å². The summed E-state index contributed by atoms with van der Waals surface area (Å²) in [4.78, 5) is 25.0. The van der Waals surface area contributed by atoms with E-state index in [-0.39, 0.29) is 0 Å². The van der Waals surface area contributed by atoms with E-state index in [4.69, 9.17) is 16.7 Å². The van der Waals surface area contributed by atoms with Crippen molar-refractivity contribution in [3.05, 3.63) is 35.5 Å². The van der Waals surface area contributed by atoms with Crippen molar-refractivity contribution in [2.75, 3.05) is 5.32 Å². The predicted octanol–water partition coefficient (Wildman–Crippen LogP) is 1.31. The fourth-order valence-electron chi connectivity index (χ4n) is 0.765. The molecule has 5 nitrogen and oxygen atoms in total. The number of carboxylic acid groups (broad SMARTS) is 1. The number of aliphatic carboxylic acids is 1. The zero-order valence-corrected chi connectivity index (χ0v) is 8.23. The van der Waals surface area contributed by atoms with Crippen molar-refractivity contribution in [2.45, 2.75) is 0 Å². The monoisotopic (exact) mass is 226 g/mol. The molecular formula is C9H7ClN2O3. The summed E-state index contributed by atoms with van der Waals surface area (Å²) < 4.78 is 0. The molecule has 0 atom stereocenters. The Hall–Kier alpha value is -1.88. The van der Waals surface area contributed by atoms with Crippen LogP contribution in [0.25, 0.3) is 0 Å². The van der Waals surface area contributed by atoms with Crippen LogP contribution in [0.15, 0.2) is 30.5 Å². The smallest absolute Gasteiger partial charge is 0.328 e. The van der Waals surface area contributed by atoms with Gasteiger partial charge in [0.05, 0.1) is 5.02 Å². The minimum Gasteiger partial charge on any atom is -0.478 e. The highest BCUT2D eigenvalue weighted by atomic mass is 35.5. The van der Waals surface area contributed by atoms with E-state index >= 15 is 0 Å². The number of nitrogens with one attached hydrogen (secondary N) is 1. The fraction of sp³-hybridized carbons (Fsp3) is 0. The van der Waals surface area contributed by atoms with Crippen molar-refractivity contribution in [1.82, 2.24) is 4.98 Å². The highest BCUT2D eigenvalue weighted by Gasteiger charge is 1.99. The molecular weight excluding hydrogens is 220 g/mol. The Balaban J connectivity index is 2.59. The van der Waals surface area contributed by atoms with Gasteiger partial charge in [-0.25, -0.2) is 9.78 Å². The summed E-state index contributed by atoms with van der Waals surface area (Å²) in [5.74, 6) is -1.44. The third kappa shape index (κ3) is 4.24. The molecule has 15 heavy (non-hydrogen) atoms. The minimum absolute atomic E-state index is 0.305. The molecule has 6 heteroatoms. The van der Waals surface area contributed by atoms with Gasteiger partial charge in [0.25, 0.3) is 0 Å².